The second-order valence-electron chi connectivity index (χ2n) is 3.49. The molecule has 2 heteroatoms. The fourth-order valence-corrected chi connectivity index (χ4v) is 1.66. The molecule has 0 radical (unpaired) electrons. The molecule has 0 heterocycles. The second-order valence-corrected chi connectivity index (χ2v) is 3.49. The molecule has 0 atom stereocenters. The summed E-state index contributed by atoms with van der Waals surface area (Å²) in [6.07, 6.45) is 0.456. The molecular weight excluding hydrogens is 188 g/mol. The van der Waals surface area contributed by atoms with E-state index >= 15 is 0 Å². The Labute approximate surface area is 88.2 Å². The molecule has 0 saturated carbocycles. The zero-order valence-electron chi connectivity index (χ0n) is 8.53. The average molecular weight is 200 g/mol. The van der Waals surface area contributed by atoms with Crippen molar-refractivity contribution < 1.29 is 9.90 Å². The van der Waals surface area contributed by atoms with Crippen LogP contribution >= 0.6 is 0 Å². The number of phenols is 1. The molecule has 0 aliphatic rings. The van der Waals surface area contributed by atoms with Gasteiger partial charge < -0.3 is 5.11 Å². The lowest BCUT2D eigenvalue weighted by atomic mass is 10.0. The summed E-state index contributed by atoms with van der Waals surface area (Å²) in [6.45, 7) is 1.81. The number of fused-ring (bicyclic) bond motifs is 1. The maximum atomic E-state index is 11.5. The van der Waals surface area contributed by atoms with Gasteiger partial charge in [-0.2, -0.15) is 0 Å². The summed E-state index contributed by atoms with van der Waals surface area (Å²) in [5, 5.41) is 11.4. The first-order valence-corrected chi connectivity index (χ1v) is 4.97. The van der Waals surface area contributed by atoms with Crippen molar-refractivity contribution in [1.82, 2.24) is 0 Å². The Balaban J connectivity index is 2.67. The van der Waals surface area contributed by atoms with Crippen LogP contribution in [0.15, 0.2) is 36.4 Å². The molecule has 0 saturated heterocycles. The highest BCUT2D eigenvalue weighted by atomic mass is 16.3. The first-order chi connectivity index (χ1) is 7.22. The molecule has 0 aromatic heterocycles. The summed E-state index contributed by atoms with van der Waals surface area (Å²) >= 11 is 0. The van der Waals surface area contributed by atoms with Crippen LogP contribution in [0.1, 0.15) is 23.7 Å². The summed E-state index contributed by atoms with van der Waals surface area (Å²) in [4.78, 5) is 11.5. The van der Waals surface area contributed by atoms with Gasteiger partial charge in [-0.05, 0) is 17.5 Å². The van der Waals surface area contributed by atoms with Crippen molar-refractivity contribution >= 4 is 16.6 Å². The minimum absolute atomic E-state index is 0.0519. The largest absolute Gasteiger partial charge is 0.507 e. The van der Waals surface area contributed by atoms with E-state index in [1.54, 1.807) is 0 Å². The van der Waals surface area contributed by atoms with E-state index in [0.29, 0.717) is 12.0 Å². The van der Waals surface area contributed by atoms with Crippen molar-refractivity contribution in [3.63, 3.8) is 0 Å². The zero-order valence-corrected chi connectivity index (χ0v) is 8.53. The molecule has 0 spiro atoms. The van der Waals surface area contributed by atoms with Crippen LogP contribution in [0.4, 0.5) is 0 Å². The highest BCUT2D eigenvalue weighted by Crippen LogP contribution is 2.26. The summed E-state index contributed by atoms with van der Waals surface area (Å²) in [6, 6.07) is 10.8. The van der Waals surface area contributed by atoms with Gasteiger partial charge in [0.2, 0.25) is 0 Å². The first-order valence-electron chi connectivity index (χ1n) is 4.97. The van der Waals surface area contributed by atoms with Crippen molar-refractivity contribution in [2.24, 2.45) is 0 Å². The van der Waals surface area contributed by atoms with Crippen LogP contribution in [0.2, 0.25) is 0 Å². The predicted octanol–water partition coefficient (Wildman–Crippen LogP) is 3.14. The van der Waals surface area contributed by atoms with Gasteiger partial charge >= 0.3 is 0 Å². The van der Waals surface area contributed by atoms with Gasteiger partial charge in [-0.25, -0.2) is 0 Å². The van der Waals surface area contributed by atoms with E-state index in [0.717, 1.165) is 10.8 Å². The Morgan fingerprint density at radius 3 is 2.73 bits per heavy atom. The van der Waals surface area contributed by atoms with Crippen LogP contribution in [-0.2, 0) is 0 Å². The molecule has 0 unspecified atom stereocenters. The molecule has 0 bridgehead atoms. The number of hydrogen-bond acceptors (Lipinski definition) is 2. The van der Waals surface area contributed by atoms with Gasteiger partial charge in [-0.3, -0.25) is 4.79 Å². The molecule has 0 amide bonds. The van der Waals surface area contributed by atoms with Crippen LogP contribution in [0.5, 0.6) is 5.75 Å². The van der Waals surface area contributed by atoms with Crippen LogP contribution < -0.4 is 0 Å². The highest BCUT2D eigenvalue weighted by molar-refractivity contribution is 6.01. The van der Waals surface area contributed by atoms with Crippen LogP contribution in [0, 0.1) is 0 Å². The normalized spacial score (nSPS) is 10.5. The average Bonchev–Trinajstić information content (AvgIpc) is 2.28. The fourth-order valence-electron chi connectivity index (χ4n) is 1.66. The van der Waals surface area contributed by atoms with Gasteiger partial charge in [-0.1, -0.05) is 31.2 Å². The number of aromatic hydroxyl groups is 1. The Morgan fingerprint density at radius 2 is 2.00 bits per heavy atom. The van der Waals surface area contributed by atoms with Gasteiger partial charge in [0.15, 0.2) is 5.78 Å². The number of rotatable bonds is 2. The van der Waals surface area contributed by atoms with Crippen molar-refractivity contribution in [2.75, 3.05) is 0 Å². The van der Waals surface area contributed by atoms with E-state index in [1.165, 1.54) is 6.07 Å². The summed E-state index contributed by atoms with van der Waals surface area (Å²) < 4.78 is 0. The molecule has 0 aliphatic heterocycles. The quantitative estimate of drug-likeness (QED) is 0.756. The molecular formula is C13H12O2. The van der Waals surface area contributed by atoms with E-state index in [-0.39, 0.29) is 11.5 Å². The Bertz CT molecular complexity index is 515. The number of carbonyl (C=O) groups excluding carboxylic acids is 1. The van der Waals surface area contributed by atoms with E-state index in [1.807, 2.05) is 37.3 Å². The standard InChI is InChI=1S/C13H12O2/c1-2-12(14)10-7-9-5-3-4-6-11(9)13(15)8-10/h3-8,15H,2H2,1H3. The van der Waals surface area contributed by atoms with Crippen LogP contribution in [-0.4, -0.2) is 10.9 Å². The van der Waals surface area contributed by atoms with Crippen molar-refractivity contribution in [3.8, 4) is 5.75 Å². The predicted molar refractivity (Wildman–Crippen MR) is 60.2 cm³/mol. The number of ketones is 1. The molecule has 1 N–H and O–H groups in total. The molecule has 2 nitrogen and oxygen atoms in total. The van der Waals surface area contributed by atoms with Crippen LogP contribution in [0.3, 0.4) is 0 Å². The second kappa shape index (κ2) is 3.73. The SMILES string of the molecule is CCC(=O)c1cc(O)c2ccccc2c1. The first kappa shape index (κ1) is 9.71. The Morgan fingerprint density at radius 1 is 1.27 bits per heavy atom. The molecule has 2 aromatic rings. The number of phenolic OH excluding ortho intramolecular Hbond substituents is 1. The summed E-state index contributed by atoms with van der Waals surface area (Å²) in [5.41, 5.74) is 0.578. The zero-order chi connectivity index (χ0) is 10.8. The maximum Gasteiger partial charge on any atom is 0.162 e. The number of Topliss-reactive ketones (excluding diaryl/α,β-unsaturated/α-hetero) is 1. The maximum absolute atomic E-state index is 11.5. The van der Waals surface area contributed by atoms with Crippen molar-refractivity contribution in [2.45, 2.75) is 13.3 Å². The molecule has 0 aliphatic carbocycles. The third-order valence-corrected chi connectivity index (χ3v) is 2.48. The third-order valence-electron chi connectivity index (χ3n) is 2.48. The van der Waals surface area contributed by atoms with E-state index in [4.69, 9.17) is 0 Å². The van der Waals surface area contributed by atoms with Gasteiger partial charge in [0, 0.05) is 17.4 Å². The smallest absolute Gasteiger partial charge is 0.162 e. The monoisotopic (exact) mass is 200 g/mol. The molecule has 2 rings (SSSR count). The summed E-state index contributed by atoms with van der Waals surface area (Å²) in [7, 11) is 0. The minimum atomic E-state index is 0.0519. The minimum Gasteiger partial charge on any atom is -0.507 e. The molecule has 0 fully saturated rings. The third kappa shape index (κ3) is 1.71. The molecule has 2 aromatic carbocycles. The topological polar surface area (TPSA) is 37.3 Å². The lowest BCUT2D eigenvalue weighted by Gasteiger charge is -2.04. The number of carbonyl (C=O) groups is 1. The molecule has 15 heavy (non-hydrogen) atoms. The number of benzene rings is 2. The van der Waals surface area contributed by atoms with Gasteiger partial charge in [0.25, 0.3) is 0 Å². The van der Waals surface area contributed by atoms with Gasteiger partial charge in [0.05, 0.1) is 0 Å². The van der Waals surface area contributed by atoms with E-state index in [9.17, 15) is 9.90 Å². The fraction of sp³-hybridized carbons (Fsp3) is 0.154. The number of hydrogen-bond donors (Lipinski definition) is 1. The van der Waals surface area contributed by atoms with E-state index in [2.05, 4.69) is 0 Å². The lowest BCUT2D eigenvalue weighted by Crippen LogP contribution is -1.95. The van der Waals surface area contributed by atoms with Crippen molar-refractivity contribution in [1.29, 1.82) is 0 Å². The van der Waals surface area contributed by atoms with Gasteiger partial charge in [0.1, 0.15) is 5.75 Å². The van der Waals surface area contributed by atoms with E-state index < -0.39 is 0 Å². The molecule has 76 valence electrons. The Hall–Kier alpha value is -1.83. The van der Waals surface area contributed by atoms with Gasteiger partial charge in [-0.15, -0.1) is 0 Å². The highest BCUT2D eigenvalue weighted by Gasteiger charge is 2.07. The lowest BCUT2D eigenvalue weighted by molar-refractivity contribution is 0.0988. The van der Waals surface area contributed by atoms with Crippen molar-refractivity contribution in [3.05, 3.63) is 42.0 Å². The van der Waals surface area contributed by atoms with Crippen LogP contribution in [0.25, 0.3) is 10.8 Å². The summed E-state index contributed by atoms with van der Waals surface area (Å²) in [5.74, 6) is 0.223. The Kier molecular flexibility index (Phi) is 2.42.